The van der Waals surface area contributed by atoms with E-state index in [9.17, 15) is 0 Å². The molecule has 1 aromatic carbocycles. The van der Waals surface area contributed by atoms with Crippen LogP contribution in [0.15, 0.2) is 36.4 Å². The molecule has 1 aliphatic rings. The normalized spacial score (nSPS) is 17.1. The van der Waals surface area contributed by atoms with E-state index >= 15 is 0 Å². The van der Waals surface area contributed by atoms with Crippen molar-refractivity contribution in [1.82, 2.24) is 5.32 Å². The lowest BCUT2D eigenvalue weighted by molar-refractivity contribution is 0.304. The third-order valence-electron chi connectivity index (χ3n) is 3.57. The van der Waals surface area contributed by atoms with Crippen molar-refractivity contribution in [3.05, 3.63) is 51.2 Å². The van der Waals surface area contributed by atoms with Gasteiger partial charge >= 0.3 is 0 Å². The van der Waals surface area contributed by atoms with Gasteiger partial charge in [0.1, 0.15) is 5.75 Å². The summed E-state index contributed by atoms with van der Waals surface area (Å²) in [5.74, 6) is 0.945. The second-order valence-corrected chi connectivity index (χ2v) is 6.76. The summed E-state index contributed by atoms with van der Waals surface area (Å²) in [5.41, 5.74) is 1.41. The molecule has 2 nitrogen and oxygen atoms in total. The third kappa shape index (κ3) is 3.35. The van der Waals surface area contributed by atoms with Gasteiger partial charge in [-0.05, 0) is 49.6 Å². The Morgan fingerprint density at radius 2 is 2.15 bits per heavy atom. The van der Waals surface area contributed by atoms with E-state index in [-0.39, 0.29) is 0 Å². The maximum Gasteiger partial charge on any atom is 0.119 e. The molecule has 0 bridgehead atoms. The standard InChI is InChI=1S/C16H18ClNOS/c17-16-11-13-14(7-8-15(13)20-16)18-9-4-10-19-12-5-2-1-3-6-12/h1-3,5-6,11,14,18H,4,7-10H2. The first-order chi connectivity index (χ1) is 9.83. The molecule has 106 valence electrons. The van der Waals surface area contributed by atoms with Gasteiger partial charge in [0.25, 0.3) is 0 Å². The summed E-state index contributed by atoms with van der Waals surface area (Å²) in [6.45, 7) is 1.73. The molecule has 0 radical (unpaired) electrons. The molecule has 1 aliphatic carbocycles. The molecule has 3 rings (SSSR count). The van der Waals surface area contributed by atoms with Gasteiger partial charge in [0, 0.05) is 10.9 Å². The molecule has 2 aromatic rings. The van der Waals surface area contributed by atoms with Gasteiger partial charge in [-0.2, -0.15) is 0 Å². The highest BCUT2D eigenvalue weighted by molar-refractivity contribution is 7.16. The van der Waals surface area contributed by atoms with Crippen molar-refractivity contribution in [2.45, 2.75) is 25.3 Å². The zero-order valence-corrected chi connectivity index (χ0v) is 12.8. The molecule has 0 spiro atoms. The molecule has 0 saturated carbocycles. The monoisotopic (exact) mass is 307 g/mol. The molecule has 1 atom stereocenters. The quantitative estimate of drug-likeness (QED) is 0.796. The van der Waals surface area contributed by atoms with Gasteiger partial charge in [0.15, 0.2) is 0 Å². The number of hydrogen-bond acceptors (Lipinski definition) is 3. The van der Waals surface area contributed by atoms with Crippen LogP contribution in [0, 0.1) is 0 Å². The SMILES string of the molecule is Clc1cc2c(s1)CCC2NCCCOc1ccccc1. The van der Waals surface area contributed by atoms with Crippen LogP contribution in [0.3, 0.4) is 0 Å². The Labute approximate surface area is 128 Å². The highest BCUT2D eigenvalue weighted by Gasteiger charge is 2.24. The summed E-state index contributed by atoms with van der Waals surface area (Å²) in [6.07, 6.45) is 3.36. The first kappa shape index (κ1) is 13.9. The first-order valence-corrected chi connectivity index (χ1v) is 8.22. The lowest BCUT2D eigenvalue weighted by Gasteiger charge is -2.13. The van der Waals surface area contributed by atoms with Crippen molar-refractivity contribution >= 4 is 22.9 Å². The van der Waals surface area contributed by atoms with Crippen LogP contribution in [0.25, 0.3) is 0 Å². The van der Waals surface area contributed by atoms with E-state index in [1.165, 1.54) is 16.9 Å². The molecule has 1 heterocycles. The van der Waals surface area contributed by atoms with Crippen molar-refractivity contribution in [3.63, 3.8) is 0 Å². The zero-order valence-electron chi connectivity index (χ0n) is 11.3. The fourth-order valence-corrected chi connectivity index (χ4v) is 3.95. The Kier molecular flexibility index (Phi) is 4.61. The predicted octanol–water partition coefficient (Wildman–Crippen LogP) is 4.45. The van der Waals surface area contributed by atoms with Crippen molar-refractivity contribution in [2.75, 3.05) is 13.2 Å². The number of para-hydroxylation sites is 1. The number of halogens is 1. The summed E-state index contributed by atoms with van der Waals surface area (Å²) in [7, 11) is 0. The fraction of sp³-hybridized carbons (Fsp3) is 0.375. The van der Waals surface area contributed by atoms with Crippen LogP contribution >= 0.6 is 22.9 Å². The van der Waals surface area contributed by atoms with Crippen LogP contribution in [0.4, 0.5) is 0 Å². The molecule has 1 N–H and O–H groups in total. The van der Waals surface area contributed by atoms with E-state index in [0.717, 1.165) is 36.1 Å². The molecule has 4 heteroatoms. The Balaban J connectivity index is 1.39. The van der Waals surface area contributed by atoms with Crippen LogP contribution in [0.1, 0.15) is 29.3 Å². The maximum atomic E-state index is 6.07. The Bertz CT molecular complexity index is 555. The smallest absolute Gasteiger partial charge is 0.119 e. The van der Waals surface area contributed by atoms with Gasteiger partial charge in [0.2, 0.25) is 0 Å². The van der Waals surface area contributed by atoms with Crippen LogP contribution in [0.2, 0.25) is 4.34 Å². The maximum absolute atomic E-state index is 6.07. The lowest BCUT2D eigenvalue weighted by Crippen LogP contribution is -2.21. The number of aryl methyl sites for hydroxylation is 1. The van der Waals surface area contributed by atoms with E-state index in [1.54, 1.807) is 11.3 Å². The van der Waals surface area contributed by atoms with Crippen molar-refractivity contribution in [2.24, 2.45) is 0 Å². The summed E-state index contributed by atoms with van der Waals surface area (Å²) in [5, 5.41) is 3.61. The minimum absolute atomic E-state index is 0.477. The summed E-state index contributed by atoms with van der Waals surface area (Å²) >= 11 is 7.79. The van der Waals surface area contributed by atoms with E-state index in [1.807, 2.05) is 30.3 Å². The number of thiophene rings is 1. The molecule has 0 aliphatic heterocycles. The van der Waals surface area contributed by atoms with Crippen LogP contribution in [-0.2, 0) is 6.42 Å². The van der Waals surface area contributed by atoms with E-state index in [2.05, 4.69) is 11.4 Å². The number of fused-ring (bicyclic) bond motifs is 1. The van der Waals surface area contributed by atoms with Gasteiger partial charge in [-0.1, -0.05) is 29.8 Å². The van der Waals surface area contributed by atoms with Gasteiger partial charge in [-0.3, -0.25) is 0 Å². The van der Waals surface area contributed by atoms with Gasteiger partial charge in [-0.25, -0.2) is 0 Å². The highest BCUT2D eigenvalue weighted by atomic mass is 35.5. The number of rotatable bonds is 6. The van der Waals surface area contributed by atoms with E-state index in [4.69, 9.17) is 16.3 Å². The lowest BCUT2D eigenvalue weighted by atomic mass is 10.2. The minimum Gasteiger partial charge on any atom is -0.494 e. The van der Waals surface area contributed by atoms with Gasteiger partial charge in [0.05, 0.1) is 10.9 Å². The molecule has 20 heavy (non-hydrogen) atoms. The van der Waals surface area contributed by atoms with Crippen molar-refractivity contribution in [1.29, 1.82) is 0 Å². The second kappa shape index (κ2) is 6.61. The summed E-state index contributed by atoms with van der Waals surface area (Å²) in [6, 6.07) is 12.6. The molecule has 0 amide bonds. The number of ether oxygens (including phenoxy) is 1. The molecular weight excluding hydrogens is 290 g/mol. The number of hydrogen-bond donors (Lipinski definition) is 1. The van der Waals surface area contributed by atoms with E-state index in [0.29, 0.717) is 6.04 Å². The number of nitrogens with one attached hydrogen (secondary N) is 1. The minimum atomic E-state index is 0.477. The Morgan fingerprint density at radius 1 is 1.30 bits per heavy atom. The summed E-state index contributed by atoms with van der Waals surface area (Å²) < 4.78 is 6.60. The average Bonchev–Trinajstić information content (AvgIpc) is 3.00. The zero-order chi connectivity index (χ0) is 13.8. The third-order valence-corrected chi connectivity index (χ3v) is 4.91. The second-order valence-electron chi connectivity index (χ2n) is 4.99. The topological polar surface area (TPSA) is 21.3 Å². The molecule has 1 aromatic heterocycles. The van der Waals surface area contributed by atoms with Crippen LogP contribution < -0.4 is 10.1 Å². The van der Waals surface area contributed by atoms with Gasteiger partial charge < -0.3 is 10.1 Å². The predicted molar refractivity (Wildman–Crippen MR) is 84.9 cm³/mol. The van der Waals surface area contributed by atoms with Crippen molar-refractivity contribution < 1.29 is 4.74 Å². The van der Waals surface area contributed by atoms with E-state index < -0.39 is 0 Å². The fourth-order valence-electron chi connectivity index (χ4n) is 2.60. The number of benzene rings is 1. The first-order valence-electron chi connectivity index (χ1n) is 7.02. The van der Waals surface area contributed by atoms with Crippen LogP contribution in [-0.4, -0.2) is 13.2 Å². The van der Waals surface area contributed by atoms with Crippen molar-refractivity contribution in [3.8, 4) is 5.75 Å². The molecule has 1 unspecified atom stereocenters. The molecular formula is C16H18ClNOS. The Hall–Kier alpha value is -1.03. The Morgan fingerprint density at radius 3 is 3.00 bits per heavy atom. The van der Waals surface area contributed by atoms with Crippen LogP contribution in [0.5, 0.6) is 5.75 Å². The largest absolute Gasteiger partial charge is 0.494 e. The molecule has 0 fully saturated rings. The highest BCUT2D eigenvalue weighted by Crippen LogP contribution is 2.39. The average molecular weight is 308 g/mol. The summed E-state index contributed by atoms with van der Waals surface area (Å²) in [4.78, 5) is 1.45. The molecule has 0 saturated heterocycles. The van der Waals surface area contributed by atoms with Gasteiger partial charge in [-0.15, -0.1) is 11.3 Å².